The monoisotopic (exact) mass is 464 g/mol. The van der Waals surface area contributed by atoms with E-state index in [0.717, 1.165) is 5.56 Å². The summed E-state index contributed by atoms with van der Waals surface area (Å²) in [5.41, 5.74) is 17.6. The lowest BCUT2D eigenvalue weighted by atomic mass is 10.0. The van der Waals surface area contributed by atoms with Gasteiger partial charge in [-0.15, -0.1) is 0 Å². The lowest BCUT2D eigenvalue weighted by Gasteiger charge is -2.28. The number of halogens is 1. The van der Waals surface area contributed by atoms with Crippen LogP contribution < -0.4 is 22.5 Å². The summed E-state index contributed by atoms with van der Waals surface area (Å²) in [6.45, 7) is 0.609. The van der Waals surface area contributed by atoms with Gasteiger partial charge in [0.25, 0.3) is 5.24 Å². The SMILES string of the molecule is NC(N)=NCCC[C@H](NC(=O)[C@@H]1CCCN1C(=O)[C@H](N)Cc1ccccc1)C(=O)C(=O)Cl. The van der Waals surface area contributed by atoms with E-state index < -0.39 is 35.1 Å². The molecule has 32 heavy (non-hydrogen) atoms. The number of likely N-dealkylation sites (tertiary alicyclic amines) is 1. The standard InChI is InChI=1S/C21H29ClN6O4/c22-18(30)17(29)15(8-4-10-26-21(24)25)27-19(31)16-9-5-11-28(16)20(32)14(23)12-13-6-2-1-3-7-13/h1-3,6-7,14-16H,4-5,8-12,23H2,(H,27,31)(H4,24,25,26)/t14-,15+,16+/m1/s1. The summed E-state index contributed by atoms with van der Waals surface area (Å²) in [6.07, 6.45) is 1.86. The number of nitrogens with zero attached hydrogens (tertiary/aromatic N) is 2. The highest BCUT2D eigenvalue weighted by atomic mass is 35.5. The van der Waals surface area contributed by atoms with Crippen LogP contribution in [0.25, 0.3) is 0 Å². The lowest BCUT2D eigenvalue weighted by molar-refractivity contribution is -0.141. The number of guanidine groups is 1. The van der Waals surface area contributed by atoms with E-state index in [-0.39, 0.29) is 24.8 Å². The molecule has 0 aromatic heterocycles. The number of carbonyl (C=O) groups is 4. The van der Waals surface area contributed by atoms with E-state index in [0.29, 0.717) is 32.2 Å². The molecule has 2 amide bonds. The Morgan fingerprint density at radius 3 is 2.50 bits per heavy atom. The van der Waals surface area contributed by atoms with Gasteiger partial charge in [-0.3, -0.25) is 24.2 Å². The molecule has 1 aromatic rings. The van der Waals surface area contributed by atoms with Crippen LogP contribution in [0.3, 0.4) is 0 Å². The van der Waals surface area contributed by atoms with E-state index in [1.807, 2.05) is 30.3 Å². The maximum atomic E-state index is 12.9. The van der Waals surface area contributed by atoms with Gasteiger partial charge >= 0.3 is 0 Å². The van der Waals surface area contributed by atoms with Crippen LogP contribution in [0.15, 0.2) is 35.3 Å². The molecule has 11 heteroatoms. The number of rotatable bonds is 11. The first-order valence-electron chi connectivity index (χ1n) is 10.4. The third-order valence-corrected chi connectivity index (χ3v) is 5.41. The number of ketones is 1. The second-order valence-electron chi connectivity index (χ2n) is 7.63. The van der Waals surface area contributed by atoms with E-state index >= 15 is 0 Å². The molecule has 1 aromatic carbocycles. The number of hydrogen-bond acceptors (Lipinski definition) is 6. The minimum absolute atomic E-state index is 0.0997. The maximum absolute atomic E-state index is 12.9. The molecule has 1 aliphatic heterocycles. The Kier molecular flexibility index (Phi) is 9.61. The quantitative estimate of drug-likeness (QED) is 0.111. The molecule has 7 N–H and O–H groups in total. The van der Waals surface area contributed by atoms with Gasteiger partial charge in [-0.25, -0.2) is 0 Å². The highest BCUT2D eigenvalue weighted by Gasteiger charge is 2.38. The summed E-state index contributed by atoms with van der Waals surface area (Å²) < 4.78 is 0. The summed E-state index contributed by atoms with van der Waals surface area (Å²) >= 11 is 5.34. The second-order valence-corrected chi connectivity index (χ2v) is 7.98. The smallest absolute Gasteiger partial charge is 0.290 e. The number of nitrogens with one attached hydrogen (secondary N) is 1. The first-order chi connectivity index (χ1) is 15.2. The van der Waals surface area contributed by atoms with Crippen LogP contribution in [-0.4, -0.2) is 64.9 Å². The van der Waals surface area contributed by atoms with Crippen molar-refractivity contribution in [2.75, 3.05) is 13.1 Å². The van der Waals surface area contributed by atoms with Crippen LogP contribution in [0.1, 0.15) is 31.2 Å². The van der Waals surface area contributed by atoms with Crippen molar-refractivity contribution in [1.82, 2.24) is 10.2 Å². The van der Waals surface area contributed by atoms with Crippen LogP contribution in [0.5, 0.6) is 0 Å². The topological polar surface area (TPSA) is 174 Å². The van der Waals surface area contributed by atoms with Crippen LogP contribution >= 0.6 is 11.6 Å². The zero-order valence-corrected chi connectivity index (χ0v) is 18.5. The molecule has 1 heterocycles. The van der Waals surface area contributed by atoms with Crippen molar-refractivity contribution in [3.8, 4) is 0 Å². The molecule has 174 valence electrons. The highest BCUT2D eigenvalue weighted by Crippen LogP contribution is 2.20. The van der Waals surface area contributed by atoms with Gasteiger partial charge in [-0.05, 0) is 49.3 Å². The van der Waals surface area contributed by atoms with Crippen molar-refractivity contribution in [2.45, 2.75) is 50.2 Å². The van der Waals surface area contributed by atoms with Crippen LogP contribution in [0.2, 0.25) is 0 Å². The maximum Gasteiger partial charge on any atom is 0.290 e. The van der Waals surface area contributed by atoms with Crippen molar-refractivity contribution in [2.24, 2.45) is 22.2 Å². The van der Waals surface area contributed by atoms with Crippen molar-refractivity contribution < 1.29 is 19.2 Å². The summed E-state index contributed by atoms with van der Waals surface area (Å²) in [7, 11) is 0. The average Bonchev–Trinajstić information content (AvgIpc) is 3.25. The fourth-order valence-corrected chi connectivity index (χ4v) is 3.78. The lowest BCUT2D eigenvalue weighted by Crippen LogP contribution is -2.54. The number of amides is 2. The predicted octanol–water partition coefficient (Wildman–Crippen LogP) is -0.580. The molecule has 1 saturated heterocycles. The van der Waals surface area contributed by atoms with Gasteiger partial charge in [0.05, 0.1) is 12.1 Å². The predicted molar refractivity (Wildman–Crippen MR) is 121 cm³/mol. The fraction of sp³-hybridized carbons (Fsp3) is 0.476. The fourth-order valence-electron chi connectivity index (χ4n) is 3.65. The van der Waals surface area contributed by atoms with Crippen LogP contribution in [-0.2, 0) is 25.6 Å². The number of carbonyl (C=O) groups excluding carboxylic acids is 4. The van der Waals surface area contributed by atoms with E-state index in [9.17, 15) is 19.2 Å². The summed E-state index contributed by atoms with van der Waals surface area (Å²) in [5.74, 6) is -1.89. The highest BCUT2D eigenvalue weighted by molar-refractivity contribution is 6.81. The van der Waals surface area contributed by atoms with E-state index in [1.54, 1.807) is 0 Å². The molecule has 0 aliphatic carbocycles. The van der Waals surface area contributed by atoms with Crippen molar-refractivity contribution in [3.05, 3.63) is 35.9 Å². The molecule has 1 aliphatic rings. The van der Waals surface area contributed by atoms with E-state index in [4.69, 9.17) is 28.8 Å². The molecule has 0 bridgehead atoms. The van der Waals surface area contributed by atoms with Crippen LogP contribution in [0.4, 0.5) is 0 Å². The Hall–Kier alpha value is -2.98. The van der Waals surface area contributed by atoms with Gasteiger partial charge in [-0.1, -0.05) is 30.3 Å². The Morgan fingerprint density at radius 1 is 1.19 bits per heavy atom. The molecule has 0 saturated carbocycles. The summed E-state index contributed by atoms with van der Waals surface area (Å²) in [5, 5.41) is 1.38. The molecule has 2 rings (SSSR count). The summed E-state index contributed by atoms with van der Waals surface area (Å²) in [4.78, 5) is 54.6. The molecule has 3 atom stereocenters. The third-order valence-electron chi connectivity index (χ3n) is 5.23. The van der Waals surface area contributed by atoms with Gasteiger partial charge in [0, 0.05) is 13.1 Å². The zero-order valence-electron chi connectivity index (χ0n) is 17.7. The van der Waals surface area contributed by atoms with Gasteiger partial charge in [-0.2, -0.15) is 0 Å². The number of Topliss-reactive ketones (excluding diaryl/α,β-unsaturated/α-hetero) is 1. The number of nitrogens with two attached hydrogens (primary N) is 3. The van der Waals surface area contributed by atoms with E-state index in [2.05, 4.69) is 10.3 Å². The first-order valence-corrected chi connectivity index (χ1v) is 10.8. The average molecular weight is 465 g/mol. The Bertz CT molecular complexity index is 859. The number of benzene rings is 1. The summed E-state index contributed by atoms with van der Waals surface area (Å²) in [6, 6.07) is 6.65. The molecular formula is C21H29ClN6O4. The molecule has 1 fully saturated rings. The zero-order chi connectivity index (χ0) is 23.7. The minimum atomic E-state index is -1.18. The molecular weight excluding hydrogens is 436 g/mol. The van der Waals surface area contributed by atoms with Crippen LogP contribution in [0, 0.1) is 0 Å². The van der Waals surface area contributed by atoms with Gasteiger partial charge < -0.3 is 27.4 Å². The van der Waals surface area contributed by atoms with Crippen molar-refractivity contribution in [3.63, 3.8) is 0 Å². The van der Waals surface area contributed by atoms with Gasteiger partial charge in [0.1, 0.15) is 6.04 Å². The first kappa shape index (κ1) is 25.3. The molecule has 0 spiro atoms. The van der Waals surface area contributed by atoms with Crippen molar-refractivity contribution >= 4 is 40.4 Å². The molecule has 0 radical (unpaired) electrons. The minimum Gasteiger partial charge on any atom is -0.370 e. The molecule has 0 unspecified atom stereocenters. The largest absolute Gasteiger partial charge is 0.370 e. The van der Waals surface area contributed by atoms with Gasteiger partial charge in [0.15, 0.2) is 5.96 Å². The third kappa shape index (κ3) is 7.31. The molecule has 10 nitrogen and oxygen atoms in total. The Balaban J connectivity index is 2.02. The number of hydrogen-bond donors (Lipinski definition) is 4. The van der Waals surface area contributed by atoms with E-state index in [1.165, 1.54) is 4.90 Å². The van der Waals surface area contributed by atoms with Crippen molar-refractivity contribution in [1.29, 1.82) is 0 Å². The second kappa shape index (κ2) is 12.2. The normalized spacial score (nSPS) is 17.3. The van der Waals surface area contributed by atoms with Gasteiger partial charge in [0.2, 0.25) is 17.6 Å². The Morgan fingerprint density at radius 2 is 1.88 bits per heavy atom. The number of aliphatic imine (C=N–C) groups is 1. The Labute approximate surface area is 191 Å².